The molecule has 2 heterocycles. The molecule has 8 heteroatoms. The normalized spacial score (nSPS) is 23.6. The van der Waals surface area contributed by atoms with Crippen molar-refractivity contribution in [3.05, 3.63) is 0 Å². The summed E-state index contributed by atoms with van der Waals surface area (Å²) in [4.78, 5) is 48.9. The minimum Gasteiger partial charge on any atom is -0.342 e. The fraction of sp³-hybridized carbons (Fsp3) is 0.636. The van der Waals surface area contributed by atoms with Gasteiger partial charge in [0.1, 0.15) is 5.92 Å². The van der Waals surface area contributed by atoms with Crippen molar-refractivity contribution in [3.63, 3.8) is 0 Å². The second-order valence-electron chi connectivity index (χ2n) is 4.65. The number of hydrogen-bond donors (Lipinski definition) is 1. The maximum Gasteiger partial charge on any atom is 0.253 e. The van der Waals surface area contributed by atoms with Gasteiger partial charge in [-0.15, -0.1) is 0 Å². The van der Waals surface area contributed by atoms with Crippen molar-refractivity contribution in [1.29, 1.82) is 0 Å². The number of hydrogen-bond acceptors (Lipinski definition) is 4. The first-order chi connectivity index (χ1) is 9.02. The zero-order valence-corrected chi connectivity index (χ0v) is 10.7. The first-order valence-corrected chi connectivity index (χ1v) is 6.08. The highest BCUT2D eigenvalue weighted by atomic mass is 16.2. The number of carbonyl (C=O) groups excluding carboxylic acids is 4. The van der Waals surface area contributed by atoms with Crippen LogP contribution in [0.1, 0.15) is 6.42 Å². The van der Waals surface area contributed by atoms with Crippen LogP contribution < -0.4 is 5.43 Å². The van der Waals surface area contributed by atoms with E-state index in [1.54, 1.807) is 9.80 Å². The molecule has 0 radical (unpaired) electrons. The third-order valence-electron chi connectivity index (χ3n) is 3.42. The molecule has 2 rings (SSSR count). The second kappa shape index (κ2) is 5.25. The molecule has 1 atom stereocenters. The number of rotatable bonds is 3. The van der Waals surface area contributed by atoms with Gasteiger partial charge in [0.25, 0.3) is 11.8 Å². The van der Waals surface area contributed by atoms with Crippen molar-refractivity contribution in [2.24, 2.45) is 5.92 Å². The van der Waals surface area contributed by atoms with Gasteiger partial charge in [-0.3, -0.25) is 29.6 Å². The number of piperazine rings is 1. The van der Waals surface area contributed by atoms with E-state index < -0.39 is 11.8 Å². The standard InChI is InChI=1S/C11H16N4O4/c1-13-11(19)8(10(18)12-13)6-9(17)15-4-2-14(7-16)3-5-15/h7-8H,2-6H2,1H3,(H,12,18). The summed E-state index contributed by atoms with van der Waals surface area (Å²) in [5.74, 6) is -1.98. The maximum atomic E-state index is 12.0. The zero-order chi connectivity index (χ0) is 14.0. The Labute approximate surface area is 110 Å². The predicted molar refractivity (Wildman–Crippen MR) is 63.2 cm³/mol. The van der Waals surface area contributed by atoms with Crippen molar-refractivity contribution in [2.75, 3.05) is 33.2 Å². The average Bonchev–Trinajstić information content (AvgIpc) is 2.65. The van der Waals surface area contributed by atoms with E-state index in [2.05, 4.69) is 5.43 Å². The Hall–Kier alpha value is -2.12. The smallest absolute Gasteiger partial charge is 0.253 e. The fourth-order valence-corrected chi connectivity index (χ4v) is 2.20. The van der Waals surface area contributed by atoms with Crippen molar-refractivity contribution in [3.8, 4) is 0 Å². The molecule has 2 fully saturated rings. The van der Waals surface area contributed by atoms with Crippen LogP contribution in [-0.2, 0) is 19.2 Å². The van der Waals surface area contributed by atoms with Crippen molar-refractivity contribution in [2.45, 2.75) is 6.42 Å². The minimum atomic E-state index is -0.929. The molecule has 1 unspecified atom stereocenters. The molecule has 104 valence electrons. The van der Waals surface area contributed by atoms with Crippen LogP contribution in [0.3, 0.4) is 0 Å². The molecule has 0 aliphatic carbocycles. The summed E-state index contributed by atoms with van der Waals surface area (Å²) in [6, 6.07) is 0. The third-order valence-corrected chi connectivity index (χ3v) is 3.42. The Morgan fingerprint density at radius 2 is 1.95 bits per heavy atom. The van der Waals surface area contributed by atoms with Gasteiger partial charge < -0.3 is 9.80 Å². The molecule has 2 saturated heterocycles. The maximum absolute atomic E-state index is 12.0. The van der Waals surface area contributed by atoms with E-state index in [9.17, 15) is 19.2 Å². The highest BCUT2D eigenvalue weighted by Crippen LogP contribution is 2.15. The molecule has 19 heavy (non-hydrogen) atoms. The van der Waals surface area contributed by atoms with Gasteiger partial charge in [0, 0.05) is 39.6 Å². The van der Waals surface area contributed by atoms with Crippen LogP contribution in [0.5, 0.6) is 0 Å². The Kier molecular flexibility index (Phi) is 3.68. The van der Waals surface area contributed by atoms with E-state index >= 15 is 0 Å². The van der Waals surface area contributed by atoms with Gasteiger partial charge in [-0.2, -0.15) is 0 Å². The molecule has 0 saturated carbocycles. The molecular formula is C11H16N4O4. The van der Waals surface area contributed by atoms with Crippen LogP contribution in [0, 0.1) is 5.92 Å². The van der Waals surface area contributed by atoms with Crippen molar-refractivity contribution in [1.82, 2.24) is 20.2 Å². The molecule has 1 N–H and O–H groups in total. The monoisotopic (exact) mass is 268 g/mol. The van der Waals surface area contributed by atoms with Crippen LogP contribution in [0.15, 0.2) is 0 Å². The molecule has 2 aliphatic heterocycles. The molecule has 8 nitrogen and oxygen atoms in total. The summed E-state index contributed by atoms with van der Waals surface area (Å²) in [7, 11) is 1.45. The van der Waals surface area contributed by atoms with E-state index in [1.807, 2.05) is 0 Å². The number of amides is 4. The van der Waals surface area contributed by atoms with Crippen molar-refractivity contribution >= 4 is 24.1 Å². The molecule has 2 aliphatic rings. The Morgan fingerprint density at radius 3 is 2.42 bits per heavy atom. The Balaban J connectivity index is 1.90. The lowest BCUT2D eigenvalue weighted by Gasteiger charge is -2.32. The highest BCUT2D eigenvalue weighted by molar-refractivity contribution is 6.07. The Morgan fingerprint density at radius 1 is 1.32 bits per heavy atom. The van der Waals surface area contributed by atoms with Gasteiger partial charge in [-0.25, -0.2) is 0 Å². The van der Waals surface area contributed by atoms with Crippen LogP contribution in [0.2, 0.25) is 0 Å². The van der Waals surface area contributed by atoms with E-state index in [0.717, 1.165) is 11.4 Å². The van der Waals surface area contributed by atoms with E-state index in [0.29, 0.717) is 26.2 Å². The van der Waals surface area contributed by atoms with Gasteiger partial charge in [0.2, 0.25) is 12.3 Å². The van der Waals surface area contributed by atoms with Gasteiger partial charge in [0.15, 0.2) is 0 Å². The van der Waals surface area contributed by atoms with E-state index in [4.69, 9.17) is 0 Å². The summed E-state index contributed by atoms with van der Waals surface area (Å²) in [6.07, 6.45) is 0.640. The quantitative estimate of drug-likeness (QED) is 0.464. The van der Waals surface area contributed by atoms with Gasteiger partial charge in [0.05, 0.1) is 0 Å². The SMILES string of the molecule is CN1NC(=O)C(CC(=O)N2CCN(C=O)CC2)C1=O. The predicted octanol–water partition coefficient (Wildman–Crippen LogP) is -2.20. The molecule has 0 aromatic carbocycles. The zero-order valence-electron chi connectivity index (χ0n) is 10.7. The van der Waals surface area contributed by atoms with Crippen LogP contribution in [-0.4, -0.2) is 72.2 Å². The largest absolute Gasteiger partial charge is 0.342 e. The molecule has 0 aromatic rings. The molecule has 0 spiro atoms. The number of nitrogens with zero attached hydrogens (tertiary/aromatic N) is 3. The van der Waals surface area contributed by atoms with Gasteiger partial charge in [-0.05, 0) is 0 Å². The first-order valence-electron chi connectivity index (χ1n) is 6.08. The summed E-state index contributed by atoms with van der Waals surface area (Å²) >= 11 is 0. The van der Waals surface area contributed by atoms with Gasteiger partial charge >= 0.3 is 0 Å². The lowest BCUT2D eigenvalue weighted by Crippen LogP contribution is -2.48. The summed E-state index contributed by atoms with van der Waals surface area (Å²) in [5, 5.41) is 1.10. The van der Waals surface area contributed by atoms with Crippen LogP contribution >= 0.6 is 0 Å². The highest BCUT2D eigenvalue weighted by Gasteiger charge is 2.39. The third kappa shape index (κ3) is 2.67. The van der Waals surface area contributed by atoms with Crippen LogP contribution in [0.4, 0.5) is 0 Å². The summed E-state index contributed by atoms with van der Waals surface area (Å²) < 4.78 is 0. The lowest BCUT2D eigenvalue weighted by atomic mass is 10.0. The lowest BCUT2D eigenvalue weighted by molar-refractivity contribution is -0.141. The second-order valence-corrected chi connectivity index (χ2v) is 4.65. The summed E-state index contributed by atoms with van der Waals surface area (Å²) in [6.45, 7) is 1.85. The minimum absolute atomic E-state index is 0.115. The van der Waals surface area contributed by atoms with Crippen molar-refractivity contribution < 1.29 is 19.2 Å². The number of hydrazine groups is 1. The molecule has 0 aromatic heterocycles. The number of nitrogens with one attached hydrogen (secondary N) is 1. The van der Waals surface area contributed by atoms with Gasteiger partial charge in [-0.1, -0.05) is 0 Å². The summed E-state index contributed by atoms with van der Waals surface area (Å²) in [5.41, 5.74) is 2.36. The fourth-order valence-electron chi connectivity index (χ4n) is 2.20. The topological polar surface area (TPSA) is 90.0 Å². The van der Waals surface area contributed by atoms with E-state index in [-0.39, 0.29) is 18.2 Å². The molecule has 4 amide bonds. The average molecular weight is 268 g/mol. The van der Waals surface area contributed by atoms with Crippen LogP contribution in [0.25, 0.3) is 0 Å². The van der Waals surface area contributed by atoms with E-state index in [1.165, 1.54) is 7.05 Å². The molecule has 0 bridgehead atoms. The number of carbonyl (C=O) groups is 4. The Bertz CT molecular complexity index is 417. The first kappa shape index (κ1) is 13.3. The molecular weight excluding hydrogens is 252 g/mol.